The summed E-state index contributed by atoms with van der Waals surface area (Å²) < 4.78 is 39.6. The lowest BCUT2D eigenvalue weighted by atomic mass is 10.2. The Hall–Kier alpha value is -1.49. The maximum Gasteiger partial charge on any atom is 0.418 e. The molecule has 90 valence electrons. The minimum Gasteiger partial charge on any atom is -0.243 e. The van der Waals surface area contributed by atoms with Crippen LogP contribution in [0.1, 0.15) is 5.56 Å². The first kappa shape index (κ1) is 12.0. The van der Waals surface area contributed by atoms with E-state index >= 15 is 0 Å². The molecule has 0 atom stereocenters. The van der Waals surface area contributed by atoms with Crippen molar-refractivity contribution >= 4 is 22.6 Å². The fraction of sp³-hybridized carbons (Fsp3) is 0.182. The van der Waals surface area contributed by atoms with Gasteiger partial charge in [-0.2, -0.15) is 13.2 Å². The molecular formula is C11H9ClF3N2+. The number of benzene rings is 1. The number of hydrogen-bond acceptors (Lipinski definition) is 0. The Bertz CT molecular complexity index is 572. The Kier molecular flexibility index (Phi) is 2.87. The molecule has 0 fully saturated rings. The molecule has 0 aliphatic heterocycles. The molecule has 0 spiro atoms. The predicted molar refractivity (Wildman–Crippen MR) is 58.7 cm³/mol. The molecule has 1 heterocycles. The summed E-state index contributed by atoms with van der Waals surface area (Å²) >= 11 is 5.64. The van der Waals surface area contributed by atoms with Gasteiger partial charge < -0.3 is 0 Å². The van der Waals surface area contributed by atoms with Gasteiger partial charge in [-0.25, -0.2) is 9.55 Å². The lowest BCUT2D eigenvalue weighted by Crippen LogP contribution is -2.30. The third-order valence-corrected chi connectivity index (χ3v) is 2.71. The zero-order chi connectivity index (χ0) is 12.6. The van der Waals surface area contributed by atoms with Gasteiger partial charge in [0, 0.05) is 12.1 Å². The van der Waals surface area contributed by atoms with Gasteiger partial charge in [-0.1, -0.05) is 24.3 Å². The van der Waals surface area contributed by atoms with E-state index in [0.29, 0.717) is 17.6 Å². The minimum absolute atomic E-state index is 0.303. The monoisotopic (exact) mass is 261 g/mol. The predicted octanol–water partition coefficient (Wildman–Crippen LogP) is 3.31. The summed E-state index contributed by atoms with van der Waals surface area (Å²) in [5.74, 6) is 0. The van der Waals surface area contributed by atoms with Crippen LogP contribution in [0.25, 0.3) is 11.0 Å². The van der Waals surface area contributed by atoms with Crippen LogP contribution in [-0.2, 0) is 12.7 Å². The maximum atomic E-state index is 12.6. The van der Waals surface area contributed by atoms with Crippen molar-refractivity contribution < 1.29 is 17.7 Å². The number of alkyl halides is 3. The number of hydrogen-bond donors (Lipinski definition) is 1. The van der Waals surface area contributed by atoms with Gasteiger partial charge in [0.15, 0.2) is 11.0 Å². The number of aromatic nitrogens is 2. The zero-order valence-electron chi connectivity index (χ0n) is 8.68. The number of halogens is 4. The van der Waals surface area contributed by atoms with E-state index in [1.807, 2.05) is 0 Å². The first-order valence-corrected chi connectivity index (χ1v) is 5.19. The first-order valence-electron chi connectivity index (χ1n) is 4.81. The van der Waals surface area contributed by atoms with Crippen LogP contribution in [0.2, 0.25) is 5.02 Å². The molecule has 6 heteroatoms. The third-order valence-electron chi connectivity index (χ3n) is 2.40. The molecular weight excluding hydrogens is 253 g/mol. The van der Waals surface area contributed by atoms with Crippen LogP contribution in [0.3, 0.4) is 0 Å². The van der Waals surface area contributed by atoms with Gasteiger partial charge in [0.25, 0.3) is 0 Å². The molecule has 2 rings (SSSR count). The Labute approximate surface area is 100 Å². The van der Waals surface area contributed by atoms with E-state index in [2.05, 4.69) is 11.6 Å². The summed E-state index contributed by atoms with van der Waals surface area (Å²) in [7, 11) is 0. The summed E-state index contributed by atoms with van der Waals surface area (Å²) in [6.45, 7) is 4.08. The Morgan fingerprint density at radius 3 is 2.71 bits per heavy atom. The van der Waals surface area contributed by atoms with Gasteiger partial charge in [0.05, 0.1) is 10.6 Å². The fourth-order valence-electron chi connectivity index (χ4n) is 1.64. The van der Waals surface area contributed by atoms with Crippen LogP contribution < -0.4 is 4.57 Å². The largest absolute Gasteiger partial charge is 0.418 e. The van der Waals surface area contributed by atoms with Crippen LogP contribution in [-0.4, -0.2) is 4.98 Å². The van der Waals surface area contributed by atoms with Crippen LogP contribution in [0.15, 0.2) is 31.1 Å². The fourth-order valence-corrected chi connectivity index (χ4v) is 1.91. The van der Waals surface area contributed by atoms with Crippen molar-refractivity contribution in [1.29, 1.82) is 0 Å². The number of nitrogens with zero attached hydrogens (tertiary/aromatic N) is 1. The van der Waals surface area contributed by atoms with E-state index < -0.39 is 11.7 Å². The van der Waals surface area contributed by atoms with Gasteiger partial charge in [-0.15, -0.1) is 0 Å². The average Bonchev–Trinajstić information content (AvgIpc) is 2.59. The highest BCUT2D eigenvalue weighted by atomic mass is 35.5. The normalized spacial score (nSPS) is 12.0. The molecule has 17 heavy (non-hydrogen) atoms. The standard InChI is InChI=1S/C11H8ClF3N2/c1-2-3-17-6-16-9-4-7(11(13,14)15)8(12)5-10(9)17/h2,4-6H,1,3H2/p+1. The molecule has 0 saturated heterocycles. The summed E-state index contributed by atoms with van der Waals surface area (Å²) in [6.07, 6.45) is -1.21. The van der Waals surface area contributed by atoms with Crippen LogP contribution in [0.4, 0.5) is 13.2 Å². The van der Waals surface area contributed by atoms with Gasteiger partial charge >= 0.3 is 6.18 Å². The summed E-state index contributed by atoms with van der Waals surface area (Å²) in [5, 5.41) is -0.303. The van der Waals surface area contributed by atoms with Gasteiger partial charge in [0.2, 0.25) is 6.33 Å². The summed E-state index contributed by atoms with van der Waals surface area (Å²) in [6, 6.07) is 2.32. The lowest BCUT2D eigenvalue weighted by molar-refractivity contribution is -0.660. The second-order valence-electron chi connectivity index (χ2n) is 3.56. The quantitative estimate of drug-likeness (QED) is 0.632. The zero-order valence-corrected chi connectivity index (χ0v) is 9.44. The number of H-pyrrole nitrogens is 1. The second-order valence-corrected chi connectivity index (χ2v) is 3.97. The number of aromatic amines is 1. The maximum absolute atomic E-state index is 12.6. The van der Waals surface area contributed by atoms with Crippen LogP contribution in [0, 0.1) is 0 Å². The number of rotatable bonds is 2. The van der Waals surface area contributed by atoms with E-state index in [-0.39, 0.29) is 5.02 Å². The SMILES string of the molecule is C=CC[n+]1c[nH]c2cc(C(F)(F)F)c(Cl)cc21. The molecule has 2 aromatic rings. The van der Waals surface area contributed by atoms with Crippen molar-refractivity contribution in [2.24, 2.45) is 0 Å². The molecule has 1 aromatic carbocycles. The summed E-state index contributed by atoms with van der Waals surface area (Å²) in [4.78, 5) is 2.77. The Morgan fingerprint density at radius 1 is 1.41 bits per heavy atom. The molecule has 1 N–H and O–H groups in total. The molecule has 0 saturated carbocycles. The highest BCUT2D eigenvalue weighted by molar-refractivity contribution is 6.32. The molecule has 0 amide bonds. The molecule has 2 nitrogen and oxygen atoms in total. The summed E-state index contributed by atoms with van der Waals surface area (Å²) in [5.41, 5.74) is 0.172. The van der Waals surface area contributed by atoms with E-state index in [0.717, 1.165) is 6.07 Å². The molecule has 0 aliphatic rings. The second kappa shape index (κ2) is 4.07. The highest BCUT2D eigenvalue weighted by Crippen LogP contribution is 2.36. The van der Waals surface area contributed by atoms with Crippen molar-refractivity contribution in [2.45, 2.75) is 12.7 Å². The molecule has 0 bridgehead atoms. The number of fused-ring (bicyclic) bond motifs is 1. The van der Waals surface area contributed by atoms with Crippen LogP contribution in [0.5, 0.6) is 0 Å². The lowest BCUT2D eigenvalue weighted by Gasteiger charge is -2.07. The highest BCUT2D eigenvalue weighted by Gasteiger charge is 2.34. The van der Waals surface area contributed by atoms with Crippen molar-refractivity contribution in [3.8, 4) is 0 Å². The van der Waals surface area contributed by atoms with Crippen molar-refractivity contribution in [1.82, 2.24) is 4.98 Å². The topological polar surface area (TPSA) is 19.7 Å². The Morgan fingerprint density at radius 2 is 2.12 bits per heavy atom. The van der Waals surface area contributed by atoms with Gasteiger partial charge in [0.1, 0.15) is 6.54 Å². The number of allylic oxidation sites excluding steroid dienone is 1. The molecule has 0 radical (unpaired) electrons. The average molecular weight is 262 g/mol. The smallest absolute Gasteiger partial charge is 0.243 e. The van der Waals surface area contributed by atoms with Crippen molar-refractivity contribution in [3.63, 3.8) is 0 Å². The van der Waals surface area contributed by atoms with E-state index in [1.54, 1.807) is 17.0 Å². The number of nitrogens with one attached hydrogen (secondary N) is 1. The van der Waals surface area contributed by atoms with E-state index in [4.69, 9.17) is 11.6 Å². The molecule has 0 aliphatic carbocycles. The van der Waals surface area contributed by atoms with Gasteiger partial charge in [-0.05, 0) is 0 Å². The van der Waals surface area contributed by atoms with E-state index in [1.165, 1.54) is 6.07 Å². The minimum atomic E-state index is -4.44. The molecule has 1 aromatic heterocycles. The first-order chi connectivity index (χ1) is 7.93. The van der Waals surface area contributed by atoms with Gasteiger partial charge in [-0.3, -0.25) is 0 Å². The molecule has 0 unspecified atom stereocenters. The van der Waals surface area contributed by atoms with Crippen molar-refractivity contribution in [2.75, 3.05) is 0 Å². The third kappa shape index (κ3) is 2.15. The van der Waals surface area contributed by atoms with Crippen LogP contribution >= 0.6 is 11.6 Å². The number of imidazole rings is 1. The van der Waals surface area contributed by atoms with Crippen molar-refractivity contribution in [3.05, 3.63) is 41.7 Å². The Balaban J connectivity index is 2.64. The van der Waals surface area contributed by atoms with E-state index in [9.17, 15) is 13.2 Å².